The van der Waals surface area contributed by atoms with Gasteiger partial charge in [-0.3, -0.25) is 0 Å². The summed E-state index contributed by atoms with van der Waals surface area (Å²) in [7, 11) is -1.03. The van der Waals surface area contributed by atoms with Gasteiger partial charge in [-0.25, -0.2) is 0 Å². The number of hydrogen-bond donors (Lipinski definition) is 0. The molecule has 0 bridgehead atoms. The van der Waals surface area contributed by atoms with Gasteiger partial charge in [-0.05, 0) is 51.9 Å². The van der Waals surface area contributed by atoms with E-state index in [4.69, 9.17) is 0 Å². The maximum Gasteiger partial charge on any atom is 0.103 e. The van der Waals surface area contributed by atoms with Gasteiger partial charge in [0.05, 0.1) is 0 Å². The molecule has 0 fully saturated rings. The third-order valence-corrected chi connectivity index (χ3v) is 10.7. The van der Waals surface area contributed by atoms with E-state index in [2.05, 4.69) is 116 Å². The molecule has 2 atom stereocenters. The summed E-state index contributed by atoms with van der Waals surface area (Å²) in [5.74, 6) is 0.333. The fourth-order valence-corrected chi connectivity index (χ4v) is 9.47. The van der Waals surface area contributed by atoms with Crippen LogP contribution in [0.1, 0.15) is 46.2 Å². The number of fused-ring (bicyclic) bond motifs is 3. The van der Waals surface area contributed by atoms with Crippen molar-refractivity contribution in [3.8, 4) is 11.1 Å². The first-order valence-electron chi connectivity index (χ1n) is 11.9. The lowest BCUT2D eigenvalue weighted by atomic mass is 9.81. The Bertz CT molecular complexity index is 1460. The van der Waals surface area contributed by atoms with Crippen LogP contribution in [0.5, 0.6) is 0 Å². The van der Waals surface area contributed by atoms with E-state index in [9.17, 15) is 0 Å². The van der Waals surface area contributed by atoms with Crippen LogP contribution in [-0.2, 0) is 6.04 Å². The summed E-state index contributed by atoms with van der Waals surface area (Å²) in [6.45, 7) is 2.30. The standard InChI is InChI=1S/C32H25Si/c1-21-18-24-14-8-9-15-26(24)29(21)27-17-16-25-19-28-32(33(28)20-22-10-4-2-5-11-22)31(25)30(27)23-12-6-3-7-13-23/h2-19,29,33H,20H2,1H3. The van der Waals surface area contributed by atoms with Gasteiger partial charge in [0.15, 0.2) is 0 Å². The topological polar surface area (TPSA) is 0 Å². The van der Waals surface area contributed by atoms with Crippen LogP contribution in [-0.4, -0.2) is 8.80 Å². The highest BCUT2D eigenvalue weighted by molar-refractivity contribution is 7.00. The van der Waals surface area contributed by atoms with Crippen molar-refractivity contribution in [2.75, 3.05) is 0 Å². The Kier molecular flexibility index (Phi) is 4.22. The molecule has 0 spiro atoms. The van der Waals surface area contributed by atoms with Gasteiger partial charge < -0.3 is 0 Å². The highest BCUT2D eigenvalue weighted by Gasteiger charge is 2.46. The average Bonchev–Trinajstić information content (AvgIpc) is 3.20. The third-order valence-electron chi connectivity index (χ3n) is 7.60. The van der Waals surface area contributed by atoms with Crippen LogP contribution in [0.3, 0.4) is 0 Å². The lowest BCUT2D eigenvalue weighted by Gasteiger charge is -2.24. The van der Waals surface area contributed by atoms with E-state index in [1.54, 1.807) is 16.0 Å². The number of hydrogen-bond acceptors (Lipinski definition) is 0. The fourth-order valence-electron chi connectivity index (χ4n) is 6.11. The zero-order valence-electron chi connectivity index (χ0n) is 18.8. The maximum absolute atomic E-state index is 2.51. The molecule has 1 heterocycles. The van der Waals surface area contributed by atoms with Crippen molar-refractivity contribution in [3.05, 3.63) is 148 Å². The predicted molar refractivity (Wildman–Crippen MR) is 141 cm³/mol. The Morgan fingerprint density at radius 2 is 1.39 bits per heavy atom. The first kappa shape index (κ1) is 19.1. The normalized spacial score (nSPS) is 19.7. The van der Waals surface area contributed by atoms with Crippen LogP contribution in [0.2, 0.25) is 0 Å². The van der Waals surface area contributed by atoms with E-state index in [0.29, 0.717) is 5.92 Å². The quantitative estimate of drug-likeness (QED) is 0.293. The molecule has 1 radical (unpaired) electrons. The van der Waals surface area contributed by atoms with Crippen molar-refractivity contribution in [2.24, 2.45) is 0 Å². The van der Waals surface area contributed by atoms with Crippen molar-refractivity contribution in [2.45, 2.75) is 18.9 Å². The molecule has 0 saturated carbocycles. The molecule has 33 heavy (non-hydrogen) atoms. The molecule has 0 N–H and O–H groups in total. The van der Waals surface area contributed by atoms with Gasteiger partial charge in [0.1, 0.15) is 8.80 Å². The lowest BCUT2D eigenvalue weighted by Crippen LogP contribution is -2.11. The van der Waals surface area contributed by atoms with Crippen LogP contribution in [0.25, 0.3) is 22.4 Å². The van der Waals surface area contributed by atoms with Crippen molar-refractivity contribution in [1.82, 2.24) is 0 Å². The van der Waals surface area contributed by atoms with Gasteiger partial charge in [0, 0.05) is 12.3 Å². The van der Waals surface area contributed by atoms with E-state index in [-0.39, 0.29) is 0 Å². The molecule has 1 heteroatoms. The van der Waals surface area contributed by atoms with E-state index in [1.807, 2.05) is 0 Å². The molecule has 0 amide bonds. The molecule has 0 saturated heterocycles. The number of benzene rings is 4. The zero-order valence-corrected chi connectivity index (χ0v) is 19.9. The monoisotopic (exact) mass is 437 g/mol. The highest BCUT2D eigenvalue weighted by Crippen LogP contribution is 2.56. The van der Waals surface area contributed by atoms with Crippen LogP contribution in [0.4, 0.5) is 0 Å². The second-order valence-corrected chi connectivity index (χ2v) is 12.3. The zero-order chi connectivity index (χ0) is 21.9. The average molecular weight is 438 g/mol. The fraction of sp³-hybridized carbons (Fsp3) is 0.0938. The molecule has 0 nitrogen and oxygen atoms in total. The number of allylic oxidation sites excluding steroid dienone is 2. The van der Waals surface area contributed by atoms with E-state index in [0.717, 1.165) is 0 Å². The number of rotatable bonds is 4. The molecule has 7 rings (SSSR count). The van der Waals surface area contributed by atoms with Gasteiger partial charge in [-0.15, -0.1) is 0 Å². The largest absolute Gasteiger partial charge is 0.103 e. The summed E-state index contributed by atoms with van der Waals surface area (Å²) >= 11 is 0. The van der Waals surface area contributed by atoms with Crippen molar-refractivity contribution in [1.29, 1.82) is 0 Å². The molecule has 4 aromatic carbocycles. The van der Waals surface area contributed by atoms with Crippen molar-refractivity contribution >= 4 is 20.1 Å². The Labute approximate surface area is 197 Å². The molecule has 0 aromatic heterocycles. The Balaban J connectivity index is 1.38. The van der Waals surface area contributed by atoms with Crippen molar-refractivity contribution in [3.63, 3.8) is 0 Å². The first-order valence-corrected chi connectivity index (χ1v) is 13.9. The highest BCUT2D eigenvalue weighted by atomic mass is 28.3. The van der Waals surface area contributed by atoms with Gasteiger partial charge in [-0.2, -0.15) is 0 Å². The van der Waals surface area contributed by atoms with Crippen molar-refractivity contribution < 1.29 is 0 Å². The molecular weight excluding hydrogens is 412 g/mol. The summed E-state index contributed by atoms with van der Waals surface area (Å²) in [5, 5.41) is 3.39. The van der Waals surface area contributed by atoms with Crippen LogP contribution in [0.15, 0.2) is 108 Å². The second kappa shape index (κ2) is 7.30. The summed E-state index contributed by atoms with van der Waals surface area (Å²) in [6, 6.07) is 37.1. The van der Waals surface area contributed by atoms with E-state index in [1.165, 1.54) is 50.6 Å². The molecule has 3 aliphatic rings. The summed E-state index contributed by atoms with van der Waals surface area (Å²) in [4.78, 5) is 0. The van der Waals surface area contributed by atoms with Gasteiger partial charge >= 0.3 is 0 Å². The minimum absolute atomic E-state index is 0.333. The maximum atomic E-state index is 2.51. The Hall–Kier alpha value is -3.42. The minimum Gasteiger partial charge on any atom is -0.0703 e. The third kappa shape index (κ3) is 2.96. The van der Waals surface area contributed by atoms with Crippen LogP contribution in [0, 0.1) is 6.42 Å². The Morgan fingerprint density at radius 1 is 0.667 bits per heavy atom. The minimum atomic E-state index is -1.03. The smallest absolute Gasteiger partial charge is 0.0703 e. The Morgan fingerprint density at radius 3 is 2.21 bits per heavy atom. The summed E-state index contributed by atoms with van der Waals surface area (Å²) in [6.07, 6.45) is 4.88. The van der Waals surface area contributed by atoms with Gasteiger partial charge in [0.2, 0.25) is 0 Å². The molecule has 1 aliphatic heterocycles. The summed E-state index contributed by atoms with van der Waals surface area (Å²) < 4.78 is 0. The molecule has 4 aromatic rings. The van der Waals surface area contributed by atoms with Crippen LogP contribution < -0.4 is 0 Å². The predicted octanol–water partition coefficient (Wildman–Crippen LogP) is 7.32. The summed E-state index contributed by atoms with van der Waals surface area (Å²) in [5.41, 5.74) is 13.0. The SMILES string of the molecule is CC1=Cc2ccccc2C1c1ccc2c(c1-c1ccccc1)C1=C([CH]2)[SiH]1Cc1ccccc1. The first-order chi connectivity index (χ1) is 16.3. The lowest BCUT2D eigenvalue weighted by molar-refractivity contribution is 0.977. The van der Waals surface area contributed by atoms with Gasteiger partial charge in [0.25, 0.3) is 0 Å². The molecule has 2 unspecified atom stereocenters. The van der Waals surface area contributed by atoms with E-state index >= 15 is 0 Å². The van der Waals surface area contributed by atoms with Gasteiger partial charge in [-0.1, -0.05) is 125 Å². The second-order valence-electron chi connectivity index (χ2n) is 9.57. The van der Waals surface area contributed by atoms with Crippen LogP contribution >= 0.6 is 0 Å². The molecule has 2 aliphatic carbocycles. The molecular formula is C32H25Si. The molecule has 157 valence electrons. The van der Waals surface area contributed by atoms with E-state index < -0.39 is 8.80 Å².